The summed E-state index contributed by atoms with van der Waals surface area (Å²) in [7, 11) is 0. The number of rotatable bonds is 10. The van der Waals surface area contributed by atoms with Crippen molar-refractivity contribution >= 4 is 17.4 Å². The lowest BCUT2D eigenvalue weighted by atomic mass is 9.98. The number of hydrogen-bond donors (Lipinski definition) is 2. The summed E-state index contributed by atoms with van der Waals surface area (Å²) in [4.78, 5) is 34.6. The Bertz CT molecular complexity index is 812. The van der Waals surface area contributed by atoms with Crippen LogP contribution >= 0.6 is 0 Å². The van der Waals surface area contributed by atoms with E-state index in [1.54, 1.807) is 6.92 Å². The van der Waals surface area contributed by atoms with E-state index in [-0.39, 0.29) is 6.61 Å². The molecule has 1 rings (SSSR count). The second-order valence-corrected chi connectivity index (χ2v) is 5.60. The molecule has 0 fully saturated rings. The molecule has 0 aromatic heterocycles. The van der Waals surface area contributed by atoms with Crippen molar-refractivity contribution in [3.05, 3.63) is 50.5 Å². The highest BCUT2D eigenvalue weighted by Crippen LogP contribution is 2.32. The van der Waals surface area contributed by atoms with E-state index in [4.69, 9.17) is 4.74 Å². The third-order valence-electron chi connectivity index (χ3n) is 3.62. The summed E-state index contributed by atoms with van der Waals surface area (Å²) in [6.45, 7) is 4.63. The van der Waals surface area contributed by atoms with Crippen LogP contribution < -0.4 is 10.9 Å². The normalized spacial score (nSPS) is 11.3. The number of halogens is 3. The largest absolute Gasteiger partial charge is 0.462 e. The Labute approximate surface area is 158 Å². The van der Waals surface area contributed by atoms with Crippen molar-refractivity contribution in [2.75, 3.05) is 13.2 Å². The first-order valence-corrected chi connectivity index (χ1v) is 8.40. The highest BCUT2D eigenvalue weighted by atomic mass is 19.2. The van der Waals surface area contributed by atoms with Crippen molar-refractivity contribution in [2.24, 2.45) is 0 Å². The number of nitrogens with one attached hydrogen (secondary N) is 2. The summed E-state index contributed by atoms with van der Waals surface area (Å²) in [6, 6.07) is 0. The molecule has 0 saturated heterocycles. The minimum Gasteiger partial charge on any atom is -0.462 e. The van der Waals surface area contributed by atoms with Gasteiger partial charge in [-0.2, -0.15) is 4.39 Å². The number of hydrogen-bond acceptors (Lipinski definition) is 7. The summed E-state index contributed by atoms with van der Waals surface area (Å²) >= 11 is 0. The standard InChI is InChI=1S/C17H20F3N3O5/c1-4-6-7-28-17(25)10(8-22-21-5-2)16(24)11-12(18)9(3)13(19)14(20)15(11)23(26)27/h8,21-22H,4-7H2,1-3H3. The minimum absolute atomic E-state index is 0.0530. The van der Waals surface area contributed by atoms with Crippen LogP contribution in [0.15, 0.2) is 11.8 Å². The molecule has 0 spiro atoms. The van der Waals surface area contributed by atoms with Crippen LogP contribution in [-0.2, 0) is 9.53 Å². The number of ether oxygens (including phenoxy) is 1. The van der Waals surface area contributed by atoms with Gasteiger partial charge in [0.1, 0.15) is 17.0 Å². The first kappa shape index (κ1) is 23.1. The van der Waals surface area contributed by atoms with E-state index in [9.17, 15) is 32.9 Å². The number of esters is 1. The van der Waals surface area contributed by atoms with Gasteiger partial charge in [-0.25, -0.2) is 19.0 Å². The second-order valence-electron chi connectivity index (χ2n) is 5.60. The summed E-state index contributed by atoms with van der Waals surface area (Å²) < 4.78 is 47.1. The lowest BCUT2D eigenvalue weighted by Crippen LogP contribution is -2.29. The topological polar surface area (TPSA) is 111 Å². The van der Waals surface area contributed by atoms with Gasteiger partial charge in [-0.05, 0) is 13.3 Å². The molecular weight excluding hydrogens is 383 g/mol. The molecule has 154 valence electrons. The summed E-state index contributed by atoms with van der Waals surface area (Å²) in [6.07, 6.45) is 1.98. The average Bonchev–Trinajstić information content (AvgIpc) is 2.65. The number of hydrazine groups is 1. The monoisotopic (exact) mass is 403 g/mol. The molecule has 1 aromatic rings. The molecule has 0 atom stereocenters. The van der Waals surface area contributed by atoms with E-state index in [1.165, 1.54) is 0 Å². The van der Waals surface area contributed by atoms with Gasteiger partial charge in [0, 0.05) is 18.3 Å². The molecule has 28 heavy (non-hydrogen) atoms. The Morgan fingerprint density at radius 2 is 1.82 bits per heavy atom. The molecule has 0 aliphatic heterocycles. The lowest BCUT2D eigenvalue weighted by molar-refractivity contribution is -0.388. The molecule has 8 nitrogen and oxygen atoms in total. The van der Waals surface area contributed by atoms with Gasteiger partial charge in [0.25, 0.3) is 0 Å². The van der Waals surface area contributed by atoms with Crippen LogP contribution in [0.2, 0.25) is 0 Å². The molecule has 0 amide bonds. The van der Waals surface area contributed by atoms with Crippen molar-refractivity contribution in [1.82, 2.24) is 10.9 Å². The van der Waals surface area contributed by atoms with E-state index in [1.807, 2.05) is 6.92 Å². The first-order valence-electron chi connectivity index (χ1n) is 8.40. The molecule has 0 radical (unpaired) electrons. The molecule has 0 unspecified atom stereocenters. The Morgan fingerprint density at radius 3 is 2.36 bits per heavy atom. The van der Waals surface area contributed by atoms with Crippen LogP contribution in [0.1, 0.15) is 42.6 Å². The molecule has 2 N–H and O–H groups in total. The van der Waals surface area contributed by atoms with Crippen LogP contribution in [0.5, 0.6) is 0 Å². The molecule has 0 saturated carbocycles. The minimum atomic E-state index is -1.99. The van der Waals surface area contributed by atoms with Crippen LogP contribution in [0, 0.1) is 34.5 Å². The van der Waals surface area contributed by atoms with Gasteiger partial charge in [-0.15, -0.1) is 0 Å². The second kappa shape index (κ2) is 10.4. The maximum Gasteiger partial charge on any atom is 0.343 e. The van der Waals surface area contributed by atoms with Gasteiger partial charge < -0.3 is 10.2 Å². The number of Topliss-reactive ketones (excluding diaryl/α,β-unsaturated/α-hetero) is 1. The summed E-state index contributed by atoms with van der Waals surface area (Å²) in [5, 5.41) is 11.1. The molecule has 0 aliphatic carbocycles. The Morgan fingerprint density at radius 1 is 1.18 bits per heavy atom. The Hall–Kier alpha value is -2.95. The van der Waals surface area contributed by atoms with E-state index in [0.717, 1.165) is 13.1 Å². The van der Waals surface area contributed by atoms with Crippen molar-refractivity contribution in [3.63, 3.8) is 0 Å². The highest BCUT2D eigenvalue weighted by molar-refractivity contribution is 6.25. The molecule has 0 aliphatic rings. The predicted octanol–water partition coefficient (Wildman–Crippen LogP) is 2.84. The fraction of sp³-hybridized carbons (Fsp3) is 0.412. The van der Waals surface area contributed by atoms with Crippen LogP contribution in [0.4, 0.5) is 18.9 Å². The average molecular weight is 403 g/mol. The fourth-order valence-electron chi connectivity index (χ4n) is 2.11. The van der Waals surface area contributed by atoms with Gasteiger partial charge in [-0.1, -0.05) is 20.3 Å². The molecule has 1 aromatic carbocycles. The first-order chi connectivity index (χ1) is 13.2. The number of nitro groups is 1. The fourth-order valence-corrected chi connectivity index (χ4v) is 2.11. The number of benzene rings is 1. The maximum atomic E-state index is 14.5. The zero-order chi connectivity index (χ0) is 21.4. The van der Waals surface area contributed by atoms with Crippen LogP contribution in [-0.4, -0.2) is 29.8 Å². The summed E-state index contributed by atoms with van der Waals surface area (Å²) in [5.74, 6) is -8.13. The Kier molecular flexibility index (Phi) is 8.58. The van der Waals surface area contributed by atoms with Gasteiger partial charge in [-0.3, -0.25) is 14.9 Å². The molecular formula is C17H20F3N3O5. The molecule has 0 bridgehead atoms. The number of nitro benzene ring substituents is 1. The molecule has 11 heteroatoms. The van der Waals surface area contributed by atoms with Crippen molar-refractivity contribution < 1.29 is 32.4 Å². The number of ketones is 1. The van der Waals surface area contributed by atoms with Crippen molar-refractivity contribution in [3.8, 4) is 0 Å². The van der Waals surface area contributed by atoms with Crippen LogP contribution in [0.25, 0.3) is 0 Å². The smallest absolute Gasteiger partial charge is 0.343 e. The highest BCUT2D eigenvalue weighted by Gasteiger charge is 2.37. The number of nitrogens with zero attached hydrogens (tertiary/aromatic N) is 1. The van der Waals surface area contributed by atoms with E-state index in [0.29, 0.717) is 19.4 Å². The number of carbonyl (C=O) groups excluding carboxylic acids is 2. The van der Waals surface area contributed by atoms with Gasteiger partial charge >= 0.3 is 11.7 Å². The van der Waals surface area contributed by atoms with E-state index >= 15 is 0 Å². The lowest BCUT2D eigenvalue weighted by Gasteiger charge is -2.11. The maximum absolute atomic E-state index is 14.5. The SMILES string of the molecule is CCCCOC(=O)C(=CNNCC)C(=O)c1c(F)c(C)c(F)c(F)c1[N+](=O)[O-]. The zero-order valence-corrected chi connectivity index (χ0v) is 15.5. The van der Waals surface area contributed by atoms with E-state index < -0.39 is 56.5 Å². The third-order valence-corrected chi connectivity index (χ3v) is 3.62. The third kappa shape index (κ3) is 5.06. The predicted molar refractivity (Wildman–Crippen MR) is 92.8 cm³/mol. The van der Waals surface area contributed by atoms with Crippen molar-refractivity contribution in [2.45, 2.75) is 33.6 Å². The van der Waals surface area contributed by atoms with Gasteiger partial charge in [0.2, 0.25) is 11.6 Å². The van der Waals surface area contributed by atoms with Crippen LogP contribution in [0.3, 0.4) is 0 Å². The van der Waals surface area contributed by atoms with E-state index in [2.05, 4.69) is 10.9 Å². The molecule has 0 heterocycles. The van der Waals surface area contributed by atoms with Gasteiger partial charge in [0.15, 0.2) is 5.82 Å². The quantitative estimate of drug-likeness (QED) is 0.0711. The number of unbranched alkanes of at least 4 members (excludes halogenated alkanes) is 1. The summed E-state index contributed by atoms with van der Waals surface area (Å²) in [5.41, 5.74) is 0.118. The van der Waals surface area contributed by atoms with Crippen molar-refractivity contribution in [1.29, 1.82) is 0 Å². The Balaban J connectivity index is 3.52. The number of carbonyl (C=O) groups is 2. The zero-order valence-electron chi connectivity index (χ0n) is 15.5. The van der Waals surface area contributed by atoms with Gasteiger partial charge in [0.05, 0.1) is 11.5 Å².